The number of hydrogen-bond donors (Lipinski definition) is 1. The molecule has 5 aromatic rings. The van der Waals surface area contributed by atoms with Crippen molar-refractivity contribution < 1.29 is 33.1 Å². The van der Waals surface area contributed by atoms with Crippen LogP contribution in [0.4, 0.5) is 0 Å². The van der Waals surface area contributed by atoms with E-state index < -0.39 is 5.97 Å². The Balaban J connectivity index is 0.000000245. The molecule has 0 bridgehead atoms. The molecule has 240 valence electrons. The Bertz CT molecular complexity index is 1860. The summed E-state index contributed by atoms with van der Waals surface area (Å²) < 4.78 is 15.0. The van der Waals surface area contributed by atoms with Crippen molar-refractivity contribution in [3.63, 3.8) is 0 Å². The summed E-state index contributed by atoms with van der Waals surface area (Å²) in [6.07, 6.45) is 5.42. The van der Waals surface area contributed by atoms with Gasteiger partial charge in [-0.3, -0.25) is 29.1 Å². The van der Waals surface area contributed by atoms with Crippen molar-refractivity contribution in [1.82, 2.24) is 20.3 Å². The molecule has 0 unspecified atom stereocenters. The minimum atomic E-state index is -0.534. The highest BCUT2D eigenvalue weighted by atomic mass is 35.5. The Kier molecular flexibility index (Phi) is 13.2. The molecule has 13 heteroatoms. The zero-order chi connectivity index (χ0) is 32.3. The van der Waals surface area contributed by atoms with Crippen molar-refractivity contribution in [2.75, 3.05) is 13.2 Å². The number of ether oxygens (including phenoxy) is 2. The Labute approximate surface area is 275 Å². The summed E-state index contributed by atoms with van der Waals surface area (Å²) in [6.45, 7) is 2.15. The van der Waals surface area contributed by atoms with E-state index in [4.69, 9.17) is 32.4 Å². The van der Waals surface area contributed by atoms with E-state index in [1.807, 2.05) is 30.3 Å². The van der Waals surface area contributed by atoms with Crippen molar-refractivity contribution in [2.45, 2.75) is 40.7 Å². The lowest BCUT2D eigenvalue weighted by atomic mass is 10.1. The van der Waals surface area contributed by atoms with Gasteiger partial charge < -0.3 is 19.2 Å². The second kappa shape index (κ2) is 17.0. The molecule has 0 aliphatic rings. The molecule has 0 aliphatic carbocycles. The van der Waals surface area contributed by atoms with Crippen LogP contribution in [0.3, 0.4) is 0 Å². The minimum absolute atomic E-state index is 0. The lowest BCUT2D eigenvalue weighted by Crippen LogP contribution is -2.32. The normalized spacial score (nSPS) is 10.3. The highest BCUT2D eigenvalue weighted by molar-refractivity contribution is 6.31. The third kappa shape index (κ3) is 11.2. The summed E-state index contributed by atoms with van der Waals surface area (Å²) >= 11 is 11.9. The van der Waals surface area contributed by atoms with E-state index in [9.17, 15) is 19.2 Å². The van der Waals surface area contributed by atoms with Crippen LogP contribution in [0.1, 0.15) is 44.1 Å². The number of fused-ring (bicyclic) bond motifs is 2. The Morgan fingerprint density at radius 1 is 0.783 bits per heavy atom. The molecular weight excluding hydrogens is 635 g/mol. The zero-order valence-electron chi connectivity index (χ0n) is 24.3. The van der Waals surface area contributed by atoms with Gasteiger partial charge in [-0.05, 0) is 47.5 Å². The predicted molar refractivity (Wildman–Crippen MR) is 173 cm³/mol. The molecule has 2 aromatic carbocycles. The van der Waals surface area contributed by atoms with Crippen molar-refractivity contribution in [3.05, 3.63) is 99.9 Å². The van der Waals surface area contributed by atoms with Gasteiger partial charge in [-0.25, -0.2) is 4.98 Å². The van der Waals surface area contributed by atoms with Gasteiger partial charge in [-0.2, -0.15) is 0 Å². The first-order chi connectivity index (χ1) is 21.5. The van der Waals surface area contributed by atoms with Gasteiger partial charge >= 0.3 is 11.9 Å². The number of esters is 2. The van der Waals surface area contributed by atoms with E-state index in [-0.39, 0.29) is 51.3 Å². The van der Waals surface area contributed by atoms with Crippen molar-refractivity contribution in [3.8, 4) is 0 Å². The van der Waals surface area contributed by atoms with Crippen LogP contribution < -0.4 is 5.32 Å². The number of amides is 1. The number of hydrogen-bond acceptors (Lipinski definition) is 10. The summed E-state index contributed by atoms with van der Waals surface area (Å²) in [6, 6.07) is 15.0. The number of halogens is 2. The molecule has 11 nitrogen and oxygen atoms in total. The molecular formula is C33H32Cl2N4O7. The number of ketones is 1. The maximum Gasteiger partial charge on any atom is 0.303 e. The first-order valence-corrected chi connectivity index (χ1v) is 14.4. The number of carbonyl (C=O) groups excluding carboxylic acids is 4. The zero-order valence-corrected chi connectivity index (χ0v) is 25.9. The van der Waals surface area contributed by atoms with Gasteiger partial charge in [0.2, 0.25) is 5.91 Å². The molecule has 1 amide bonds. The van der Waals surface area contributed by atoms with Crippen LogP contribution in [-0.4, -0.2) is 51.7 Å². The summed E-state index contributed by atoms with van der Waals surface area (Å²) in [5.41, 5.74) is 3.50. The van der Waals surface area contributed by atoms with E-state index >= 15 is 0 Å². The molecule has 0 saturated carbocycles. The van der Waals surface area contributed by atoms with Crippen LogP contribution in [-0.2, 0) is 48.1 Å². The van der Waals surface area contributed by atoms with Crippen molar-refractivity contribution >= 4 is 68.6 Å². The van der Waals surface area contributed by atoms with Crippen LogP contribution in [0, 0.1) is 0 Å². The average Bonchev–Trinajstić information content (AvgIpc) is 3.45. The summed E-state index contributed by atoms with van der Waals surface area (Å²) in [4.78, 5) is 57.2. The fourth-order valence-corrected chi connectivity index (χ4v) is 4.38. The van der Waals surface area contributed by atoms with Gasteiger partial charge in [0.05, 0.1) is 40.2 Å². The molecule has 5 rings (SSSR count). The van der Waals surface area contributed by atoms with Gasteiger partial charge in [0.25, 0.3) is 0 Å². The first kappa shape index (κ1) is 35.6. The lowest BCUT2D eigenvalue weighted by Gasteiger charge is -2.06. The van der Waals surface area contributed by atoms with E-state index in [1.54, 1.807) is 36.8 Å². The molecule has 0 spiro atoms. The second-order valence-electron chi connectivity index (χ2n) is 9.81. The molecule has 0 radical (unpaired) electrons. The van der Waals surface area contributed by atoms with E-state index in [0.29, 0.717) is 28.1 Å². The maximum absolute atomic E-state index is 11.8. The minimum Gasteiger partial charge on any atom is -0.458 e. The number of benzene rings is 2. The predicted octanol–water partition coefficient (Wildman–Crippen LogP) is 5.85. The van der Waals surface area contributed by atoms with Crippen LogP contribution in [0.25, 0.3) is 21.8 Å². The van der Waals surface area contributed by atoms with E-state index in [0.717, 1.165) is 32.9 Å². The molecule has 3 aromatic heterocycles. The monoisotopic (exact) mass is 666 g/mol. The van der Waals surface area contributed by atoms with Crippen LogP contribution in [0.5, 0.6) is 0 Å². The summed E-state index contributed by atoms with van der Waals surface area (Å²) in [5.74, 6) is -0.462. The molecule has 0 fully saturated rings. The van der Waals surface area contributed by atoms with E-state index in [1.165, 1.54) is 13.8 Å². The van der Waals surface area contributed by atoms with Crippen LogP contribution in [0.15, 0.2) is 71.5 Å². The molecule has 46 heavy (non-hydrogen) atoms. The third-order valence-corrected chi connectivity index (χ3v) is 6.50. The summed E-state index contributed by atoms with van der Waals surface area (Å²) in [7, 11) is 0. The van der Waals surface area contributed by atoms with Crippen molar-refractivity contribution in [1.29, 1.82) is 0 Å². The highest BCUT2D eigenvalue weighted by Crippen LogP contribution is 2.21. The fourth-order valence-electron chi connectivity index (χ4n) is 4.05. The molecule has 1 N–H and O–H groups in total. The topological polar surface area (TPSA) is 151 Å². The van der Waals surface area contributed by atoms with Gasteiger partial charge in [0.1, 0.15) is 0 Å². The number of pyridine rings is 2. The van der Waals surface area contributed by atoms with Gasteiger partial charge in [0.15, 0.2) is 30.6 Å². The van der Waals surface area contributed by atoms with Crippen LogP contribution in [0.2, 0.25) is 10.0 Å². The second-order valence-corrected chi connectivity index (χ2v) is 10.7. The Morgan fingerprint density at radius 2 is 1.37 bits per heavy atom. The van der Waals surface area contributed by atoms with Gasteiger partial charge in [-0.1, -0.05) is 42.8 Å². The maximum atomic E-state index is 11.8. The number of rotatable bonds is 10. The number of oxazole rings is 1. The lowest BCUT2D eigenvalue weighted by molar-refractivity contribution is -0.145. The Morgan fingerprint density at radius 3 is 1.98 bits per heavy atom. The van der Waals surface area contributed by atoms with Gasteiger partial charge in [0, 0.05) is 43.4 Å². The number of nitrogens with one attached hydrogen (secondary N) is 1. The van der Waals surface area contributed by atoms with Gasteiger partial charge in [-0.15, -0.1) is 0 Å². The Hall–Kier alpha value is -4.87. The SMILES string of the molecule is C.CC(=O)OCC(=O)CNC(=O)Cc1ccc2ncc(Cl)cc2c1.CC(=O)OCc1cnc(Cc2ccc3ncc(Cl)cc3c2)o1. The molecule has 0 atom stereocenters. The highest BCUT2D eigenvalue weighted by Gasteiger charge is 2.10. The summed E-state index contributed by atoms with van der Waals surface area (Å²) in [5, 5.41) is 5.43. The van der Waals surface area contributed by atoms with E-state index in [2.05, 4.69) is 25.0 Å². The smallest absolute Gasteiger partial charge is 0.303 e. The number of nitrogens with zero attached hydrogens (tertiary/aromatic N) is 3. The number of carbonyl (C=O) groups is 4. The third-order valence-electron chi connectivity index (χ3n) is 6.08. The van der Waals surface area contributed by atoms with Crippen LogP contribution >= 0.6 is 23.2 Å². The van der Waals surface area contributed by atoms with Crippen molar-refractivity contribution in [2.24, 2.45) is 0 Å². The average molecular weight is 668 g/mol. The fraction of sp³-hybridized carbons (Fsp3) is 0.242. The molecule has 0 aliphatic heterocycles. The molecule has 3 heterocycles. The first-order valence-electron chi connectivity index (χ1n) is 13.6. The quantitative estimate of drug-likeness (QED) is 0.180. The largest absolute Gasteiger partial charge is 0.458 e. The standard InChI is InChI=1S/C16H15ClN2O4.C16H13ClN2O3.CH4/c1-10(20)23-9-14(21)8-19-16(22)5-11-2-3-15-12(4-11)6-13(17)7-18-15;1-10(20)21-9-14-8-19-16(22-14)5-11-2-3-15-12(4-11)6-13(17)7-18-15;/h2-4,6-7H,5,8-9H2,1H3,(H,19,22);2-4,6-8H,5,9H2,1H3;1H4. The number of Topliss-reactive ketones (excluding diaryl/α,β-unsaturated/α-hetero) is 1. The molecule has 0 saturated heterocycles. The number of aromatic nitrogens is 3.